The van der Waals surface area contributed by atoms with E-state index in [4.69, 9.17) is 21.1 Å². The molecule has 10 heteroatoms. The van der Waals surface area contributed by atoms with Crippen molar-refractivity contribution in [2.24, 2.45) is 4.99 Å². The Labute approximate surface area is 184 Å². The molecule has 0 aromatic heterocycles. The molecule has 0 radical (unpaired) electrons. The number of para-hydroxylation sites is 2. The maximum absolute atomic E-state index is 12.7. The summed E-state index contributed by atoms with van der Waals surface area (Å²) in [5, 5.41) is 13.1. The van der Waals surface area contributed by atoms with Gasteiger partial charge in [-0.3, -0.25) is 0 Å². The molecule has 0 saturated heterocycles. The SMILES string of the molecule is COc1cc(CN=C2Nc3c(Oc4ccccc4Cl)cccc3S(=O)(=O)N2)ccc1O. The molecule has 0 aliphatic carbocycles. The summed E-state index contributed by atoms with van der Waals surface area (Å²) in [6.07, 6.45) is 0. The monoisotopic (exact) mass is 459 g/mol. The van der Waals surface area contributed by atoms with Crippen molar-refractivity contribution in [2.75, 3.05) is 12.4 Å². The van der Waals surface area contributed by atoms with Crippen LogP contribution in [0.2, 0.25) is 5.02 Å². The van der Waals surface area contributed by atoms with Gasteiger partial charge in [0, 0.05) is 0 Å². The van der Waals surface area contributed by atoms with Crippen LogP contribution in [0.4, 0.5) is 5.69 Å². The fourth-order valence-corrected chi connectivity index (χ4v) is 4.31. The fourth-order valence-electron chi connectivity index (χ4n) is 2.98. The van der Waals surface area contributed by atoms with Gasteiger partial charge in [0.1, 0.15) is 16.3 Å². The van der Waals surface area contributed by atoms with Crippen LogP contribution in [0.3, 0.4) is 0 Å². The van der Waals surface area contributed by atoms with Gasteiger partial charge in [-0.05, 0) is 42.0 Å². The summed E-state index contributed by atoms with van der Waals surface area (Å²) in [7, 11) is -2.42. The first-order valence-corrected chi connectivity index (χ1v) is 11.0. The van der Waals surface area contributed by atoms with Crippen LogP contribution in [0.5, 0.6) is 23.0 Å². The summed E-state index contributed by atoms with van der Waals surface area (Å²) in [5.74, 6) is 1.02. The molecule has 0 atom stereocenters. The molecular formula is C21H18ClN3O5S. The van der Waals surface area contributed by atoms with Gasteiger partial charge >= 0.3 is 0 Å². The number of fused-ring (bicyclic) bond motifs is 1. The van der Waals surface area contributed by atoms with Crippen LogP contribution in [0, 0.1) is 0 Å². The van der Waals surface area contributed by atoms with Crippen molar-refractivity contribution in [3.05, 3.63) is 71.2 Å². The zero-order valence-electron chi connectivity index (χ0n) is 16.3. The number of methoxy groups -OCH3 is 1. The lowest BCUT2D eigenvalue weighted by atomic mass is 10.2. The van der Waals surface area contributed by atoms with E-state index in [1.165, 1.54) is 19.2 Å². The van der Waals surface area contributed by atoms with E-state index in [1.54, 1.807) is 48.5 Å². The number of guanidine groups is 1. The molecule has 1 aliphatic rings. The molecule has 1 heterocycles. The predicted molar refractivity (Wildman–Crippen MR) is 118 cm³/mol. The second-order valence-corrected chi connectivity index (χ2v) is 8.62. The first-order chi connectivity index (χ1) is 14.9. The van der Waals surface area contributed by atoms with Gasteiger partial charge in [-0.2, -0.15) is 0 Å². The van der Waals surface area contributed by atoms with E-state index in [0.717, 1.165) is 5.56 Å². The number of sulfonamides is 1. The van der Waals surface area contributed by atoms with Gasteiger partial charge in [0.15, 0.2) is 17.2 Å². The molecule has 0 fully saturated rings. The van der Waals surface area contributed by atoms with Gasteiger partial charge in [0.05, 0.1) is 18.7 Å². The van der Waals surface area contributed by atoms with E-state index in [9.17, 15) is 13.5 Å². The van der Waals surface area contributed by atoms with Crippen molar-refractivity contribution in [2.45, 2.75) is 11.4 Å². The topological polar surface area (TPSA) is 109 Å². The van der Waals surface area contributed by atoms with E-state index >= 15 is 0 Å². The number of hydrogen-bond acceptors (Lipinski definition) is 6. The molecule has 3 aromatic carbocycles. The van der Waals surface area contributed by atoms with Crippen LogP contribution in [-0.4, -0.2) is 26.6 Å². The minimum absolute atomic E-state index is 0.00527. The molecule has 1 aliphatic heterocycles. The Morgan fingerprint density at radius 3 is 2.58 bits per heavy atom. The normalized spacial score (nSPS) is 15.5. The summed E-state index contributed by atoms with van der Waals surface area (Å²) in [6.45, 7) is 0.143. The Hall–Kier alpha value is -3.43. The standard InChI is InChI=1S/C21H18ClN3O5S/c1-29-18-11-13(9-10-15(18)26)12-23-21-24-20-17(30-16-6-3-2-5-14(16)22)7-4-8-19(20)31(27,28)25-21/h2-11,26H,12H2,1H3,(H2,23,24,25). The average molecular weight is 460 g/mol. The highest BCUT2D eigenvalue weighted by Gasteiger charge is 2.29. The van der Waals surface area contributed by atoms with Crippen molar-refractivity contribution in [1.82, 2.24) is 4.72 Å². The molecule has 0 spiro atoms. The minimum Gasteiger partial charge on any atom is -0.504 e. The first-order valence-electron chi connectivity index (χ1n) is 9.13. The number of phenols is 1. The molecule has 8 nitrogen and oxygen atoms in total. The highest BCUT2D eigenvalue weighted by atomic mass is 35.5. The van der Waals surface area contributed by atoms with E-state index in [1.807, 2.05) is 0 Å². The Kier molecular flexibility index (Phi) is 5.62. The zero-order chi connectivity index (χ0) is 22.0. The molecule has 0 unspecified atom stereocenters. The van der Waals surface area contributed by atoms with Crippen LogP contribution in [0.25, 0.3) is 0 Å². The second kappa shape index (κ2) is 8.37. The number of halogens is 1. The lowest BCUT2D eigenvalue weighted by Crippen LogP contribution is -2.40. The Morgan fingerprint density at radius 2 is 1.81 bits per heavy atom. The third kappa shape index (κ3) is 4.37. The molecule has 0 bridgehead atoms. The number of nitrogens with zero attached hydrogens (tertiary/aromatic N) is 1. The largest absolute Gasteiger partial charge is 0.504 e. The molecule has 0 amide bonds. The van der Waals surface area contributed by atoms with Crippen LogP contribution < -0.4 is 19.5 Å². The summed E-state index contributed by atoms with van der Waals surface area (Å²) in [4.78, 5) is 4.35. The Bertz CT molecular complexity index is 1280. The number of anilines is 1. The maximum Gasteiger partial charge on any atom is 0.266 e. The number of aromatic hydroxyl groups is 1. The van der Waals surface area contributed by atoms with Gasteiger partial charge in [-0.15, -0.1) is 0 Å². The highest BCUT2D eigenvalue weighted by molar-refractivity contribution is 7.90. The Balaban J connectivity index is 1.66. The molecule has 31 heavy (non-hydrogen) atoms. The van der Waals surface area contributed by atoms with Crippen molar-refractivity contribution in [3.63, 3.8) is 0 Å². The van der Waals surface area contributed by atoms with E-state index in [2.05, 4.69) is 15.0 Å². The van der Waals surface area contributed by atoms with Gasteiger partial charge in [-0.25, -0.2) is 18.1 Å². The van der Waals surface area contributed by atoms with Crippen molar-refractivity contribution < 1.29 is 23.0 Å². The summed E-state index contributed by atoms with van der Waals surface area (Å²) in [6, 6.07) is 16.3. The maximum atomic E-state index is 12.7. The predicted octanol–water partition coefficient (Wildman–Crippen LogP) is 4.11. The molecule has 3 aromatic rings. The van der Waals surface area contributed by atoms with Crippen molar-refractivity contribution in [3.8, 4) is 23.0 Å². The second-order valence-electron chi connectivity index (χ2n) is 6.56. The summed E-state index contributed by atoms with van der Waals surface area (Å²) < 4.78 is 38.9. The number of hydrogen-bond donors (Lipinski definition) is 3. The number of ether oxygens (including phenoxy) is 2. The first kappa shape index (κ1) is 20.8. The van der Waals surface area contributed by atoms with Gasteiger partial charge in [0.25, 0.3) is 10.0 Å². The van der Waals surface area contributed by atoms with E-state index in [-0.39, 0.29) is 34.6 Å². The quantitative estimate of drug-likeness (QED) is 0.529. The third-order valence-electron chi connectivity index (χ3n) is 4.47. The smallest absolute Gasteiger partial charge is 0.266 e. The number of benzene rings is 3. The van der Waals surface area contributed by atoms with E-state index in [0.29, 0.717) is 16.5 Å². The van der Waals surface area contributed by atoms with Gasteiger partial charge in [-0.1, -0.05) is 35.9 Å². The minimum atomic E-state index is -3.86. The lowest BCUT2D eigenvalue weighted by molar-refractivity contribution is 0.373. The number of aliphatic imine (C=N–C) groups is 1. The molecule has 0 saturated carbocycles. The van der Waals surface area contributed by atoms with Gasteiger partial charge in [0.2, 0.25) is 5.96 Å². The zero-order valence-corrected chi connectivity index (χ0v) is 17.9. The molecular weight excluding hydrogens is 442 g/mol. The average Bonchev–Trinajstić information content (AvgIpc) is 2.75. The van der Waals surface area contributed by atoms with Crippen molar-refractivity contribution >= 4 is 33.3 Å². The Morgan fingerprint density at radius 1 is 1.03 bits per heavy atom. The highest BCUT2D eigenvalue weighted by Crippen LogP contribution is 2.38. The van der Waals surface area contributed by atoms with Crippen LogP contribution in [0.1, 0.15) is 5.56 Å². The van der Waals surface area contributed by atoms with Crippen LogP contribution in [0.15, 0.2) is 70.6 Å². The molecule has 160 valence electrons. The summed E-state index contributed by atoms with van der Waals surface area (Å²) in [5.41, 5.74) is 0.970. The number of phenolic OH excluding ortho intramolecular Hbond substituents is 1. The third-order valence-corrected chi connectivity index (χ3v) is 6.17. The lowest BCUT2D eigenvalue weighted by Gasteiger charge is -2.23. The molecule has 3 N–H and O–H groups in total. The van der Waals surface area contributed by atoms with Crippen molar-refractivity contribution in [1.29, 1.82) is 0 Å². The number of nitrogens with one attached hydrogen (secondary N) is 2. The van der Waals surface area contributed by atoms with Gasteiger partial charge < -0.3 is 19.9 Å². The summed E-state index contributed by atoms with van der Waals surface area (Å²) >= 11 is 6.17. The molecule has 4 rings (SSSR count). The van der Waals surface area contributed by atoms with E-state index < -0.39 is 10.0 Å². The van der Waals surface area contributed by atoms with Crippen LogP contribution >= 0.6 is 11.6 Å². The van der Waals surface area contributed by atoms with Crippen LogP contribution in [-0.2, 0) is 16.6 Å². The fraction of sp³-hybridized carbons (Fsp3) is 0.0952. The number of rotatable bonds is 5.